The predicted molar refractivity (Wildman–Crippen MR) is 197 cm³/mol. The molecule has 4 rings (SSSR count). The van der Waals surface area contributed by atoms with Crippen LogP contribution in [0.1, 0.15) is 96.9 Å². The van der Waals surface area contributed by atoms with Gasteiger partial charge in [0.15, 0.2) is 0 Å². The van der Waals surface area contributed by atoms with E-state index >= 15 is 0 Å². The van der Waals surface area contributed by atoms with Crippen LogP contribution in [0.4, 0.5) is 0 Å². The van der Waals surface area contributed by atoms with Crippen molar-refractivity contribution in [3.05, 3.63) is 95.7 Å². The summed E-state index contributed by atoms with van der Waals surface area (Å²) in [5.41, 5.74) is 0. The Morgan fingerprint density at radius 2 is 0.619 bits per heavy atom. The van der Waals surface area contributed by atoms with Gasteiger partial charge < -0.3 is 4.74 Å². The van der Waals surface area contributed by atoms with Crippen molar-refractivity contribution >= 4 is 11.3 Å². The van der Waals surface area contributed by atoms with Gasteiger partial charge in [-0.1, -0.05) is 168 Å². The highest BCUT2D eigenvalue weighted by Gasteiger charge is 2.11. The molecular formula is C39H71NOS. The maximum atomic E-state index is 5.21. The molecule has 1 aromatic heterocycles. The zero-order valence-electron chi connectivity index (χ0n) is 30.2. The smallest absolute Gasteiger partial charge is 0.0594 e. The normalized spacial score (nSPS) is 11.6. The molecule has 0 bridgehead atoms. The molecule has 0 amide bonds. The first-order chi connectivity index (χ1) is 19.7. The standard InChI is InChI=1S/C7H15NO.2C6H6.C4H4S.4C4H10/c1-7(2)8-3-5-9-6-4-8;2*1-2-4-6-5-3-1;1-2-4-5-3-1;4*1-4(2)3/h7H,3-6H2,1-2H3;2*1-6H;1-4H;4*4H,1-3H3. The number of nitrogens with zero attached hydrogens (tertiary/aromatic N) is 1. The lowest BCUT2D eigenvalue weighted by atomic mass is 10.3. The molecule has 3 aromatic rings. The molecule has 0 unspecified atom stereocenters. The van der Waals surface area contributed by atoms with Crippen molar-refractivity contribution in [2.24, 2.45) is 23.7 Å². The number of benzene rings is 2. The average Bonchev–Trinajstić information content (AvgIpc) is 3.51. The van der Waals surface area contributed by atoms with Gasteiger partial charge in [0.05, 0.1) is 13.2 Å². The summed E-state index contributed by atoms with van der Waals surface area (Å²) in [6.07, 6.45) is 0. The van der Waals surface area contributed by atoms with Crippen LogP contribution in [0.5, 0.6) is 0 Å². The number of morpholine rings is 1. The summed E-state index contributed by atoms with van der Waals surface area (Å²) in [5.74, 6) is 3.33. The molecule has 0 N–H and O–H groups in total. The Labute approximate surface area is 268 Å². The third kappa shape index (κ3) is 71.4. The minimum absolute atomic E-state index is 0.689. The second-order valence-corrected chi connectivity index (χ2v) is 13.6. The highest BCUT2D eigenvalue weighted by atomic mass is 32.1. The van der Waals surface area contributed by atoms with Crippen LogP contribution < -0.4 is 0 Å². The first-order valence-electron chi connectivity index (χ1n) is 16.0. The molecule has 244 valence electrons. The van der Waals surface area contributed by atoms with E-state index in [1.165, 1.54) is 0 Å². The van der Waals surface area contributed by atoms with Gasteiger partial charge in [0.25, 0.3) is 0 Å². The van der Waals surface area contributed by atoms with Crippen LogP contribution in [-0.4, -0.2) is 37.2 Å². The van der Waals surface area contributed by atoms with Gasteiger partial charge in [0, 0.05) is 19.1 Å². The molecule has 2 nitrogen and oxygen atoms in total. The second kappa shape index (κ2) is 39.1. The Balaban J connectivity index is -0.000000201. The summed E-state index contributed by atoms with van der Waals surface area (Å²) in [6.45, 7) is 34.5. The lowest BCUT2D eigenvalue weighted by molar-refractivity contribution is 0.0238. The van der Waals surface area contributed by atoms with E-state index in [2.05, 4.69) is 102 Å². The predicted octanol–water partition coefficient (Wildman–Crippen LogP) is 12.5. The summed E-state index contributed by atoms with van der Waals surface area (Å²) in [7, 11) is 0. The minimum Gasteiger partial charge on any atom is -0.379 e. The molecule has 1 aliphatic heterocycles. The number of rotatable bonds is 1. The van der Waals surface area contributed by atoms with Crippen molar-refractivity contribution in [2.45, 2.75) is 103 Å². The van der Waals surface area contributed by atoms with E-state index < -0.39 is 0 Å². The highest BCUT2D eigenvalue weighted by molar-refractivity contribution is 7.07. The van der Waals surface area contributed by atoms with E-state index in [1.54, 1.807) is 11.3 Å². The Kier molecular flexibility index (Phi) is 43.7. The zero-order valence-corrected chi connectivity index (χ0v) is 31.0. The fourth-order valence-corrected chi connectivity index (χ4v) is 2.54. The van der Waals surface area contributed by atoms with Crippen molar-refractivity contribution in [2.75, 3.05) is 26.3 Å². The van der Waals surface area contributed by atoms with Crippen LogP contribution in [0.3, 0.4) is 0 Å². The maximum absolute atomic E-state index is 5.21. The molecule has 1 aliphatic rings. The van der Waals surface area contributed by atoms with Gasteiger partial charge in [-0.25, -0.2) is 0 Å². The minimum atomic E-state index is 0.689. The van der Waals surface area contributed by atoms with Crippen molar-refractivity contribution in [1.82, 2.24) is 4.90 Å². The van der Waals surface area contributed by atoms with Crippen LogP contribution >= 0.6 is 11.3 Å². The van der Waals surface area contributed by atoms with E-state index in [4.69, 9.17) is 4.74 Å². The Bertz CT molecular complexity index is 612. The van der Waals surface area contributed by atoms with Crippen LogP contribution in [0.15, 0.2) is 95.7 Å². The third-order valence-corrected chi connectivity index (χ3v) is 4.16. The Hall–Kier alpha value is -1.94. The molecule has 3 heteroatoms. The maximum Gasteiger partial charge on any atom is 0.0594 e. The molecule has 0 aliphatic carbocycles. The lowest BCUT2D eigenvalue weighted by Gasteiger charge is -2.29. The average molecular weight is 602 g/mol. The third-order valence-electron chi connectivity index (χ3n) is 3.53. The highest BCUT2D eigenvalue weighted by Crippen LogP contribution is 2.01. The topological polar surface area (TPSA) is 12.5 Å². The van der Waals surface area contributed by atoms with E-state index in [-0.39, 0.29) is 0 Å². The molecule has 2 aromatic carbocycles. The molecule has 2 heterocycles. The van der Waals surface area contributed by atoms with E-state index in [9.17, 15) is 0 Å². The van der Waals surface area contributed by atoms with Crippen molar-refractivity contribution < 1.29 is 4.74 Å². The summed E-state index contributed by atoms with van der Waals surface area (Å²) >= 11 is 1.71. The molecule has 42 heavy (non-hydrogen) atoms. The summed E-state index contributed by atoms with van der Waals surface area (Å²) in [4.78, 5) is 2.43. The molecular weight excluding hydrogens is 531 g/mol. The van der Waals surface area contributed by atoms with Gasteiger partial charge in [-0.15, -0.1) is 0 Å². The summed E-state index contributed by atoms with van der Waals surface area (Å²) < 4.78 is 5.21. The molecule has 0 radical (unpaired) electrons. The van der Waals surface area contributed by atoms with Gasteiger partial charge >= 0.3 is 0 Å². The number of hydrogen-bond donors (Lipinski definition) is 0. The van der Waals surface area contributed by atoms with Crippen molar-refractivity contribution in [3.63, 3.8) is 0 Å². The number of thiophene rings is 1. The molecule has 1 fully saturated rings. The zero-order chi connectivity index (χ0) is 33.0. The fourth-order valence-electron chi connectivity index (χ4n) is 2.09. The van der Waals surface area contributed by atoms with Crippen molar-refractivity contribution in [1.29, 1.82) is 0 Å². The first kappa shape index (κ1) is 47.0. The van der Waals surface area contributed by atoms with Gasteiger partial charge in [0.2, 0.25) is 0 Å². The van der Waals surface area contributed by atoms with Crippen LogP contribution in [0.2, 0.25) is 0 Å². The van der Waals surface area contributed by atoms with E-state index in [1.807, 2.05) is 95.7 Å². The van der Waals surface area contributed by atoms with E-state index in [0.717, 1.165) is 50.0 Å². The molecule has 0 spiro atoms. The largest absolute Gasteiger partial charge is 0.379 e. The monoisotopic (exact) mass is 602 g/mol. The molecule has 0 atom stereocenters. The van der Waals surface area contributed by atoms with E-state index in [0.29, 0.717) is 6.04 Å². The molecule has 0 saturated carbocycles. The van der Waals surface area contributed by atoms with Crippen molar-refractivity contribution in [3.8, 4) is 0 Å². The van der Waals surface area contributed by atoms with Gasteiger partial charge in [-0.3, -0.25) is 4.90 Å². The first-order valence-corrected chi connectivity index (χ1v) is 17.0. The Morgan fingerprint density at radius 1 is 0.405 bits per heavy atom. The summed E-state index contributed by atoms with van der Waals surface area (Å²) in [6, 6.07) is 28.7. The van der Waals surface area contributed by atoms with Crippen LogP contribution in [0.25, 0.3) is 0 Å². The fraction of sp³-hybridized carbons (Fsp3) is 0.590. The van der Waals surface area contributed by atoms with Crippen LogP contribution in [0, 0.1) is 23.7 Å². The number of hydrogen-bond acceptors (Lipinski definition) is 3. The molecule has 1 saturated heterocycles. The Morgan fingerprint density at radius 3 is 0.738 bits per heavy atom. The lowest BCUT2D eigenvalue weighted by Crippen LogP contribution is -2.40. The quantitative estimate of drug-likeness (QED) is 0.275. The van der Waals surface area contributed by atoms with Gasteiger partial charge in [-0.2, -0.15) is 11.3 Å². The summed E-state index contributed by atoms with van der Waals surface area (Å²) in [5, 5.41) is 4.08. The SMILES string of the molecule is CC(C)C.CC(C)C.CC(C)C.CC(C)C.CC(C)N1CCOCC1.c1ccccc1.c1ccccc1.c1ccsc1. The van der Waals surface area contributed by atoms with Gasteiger partial charge in [-0.05, 0) is 48.3 Å². The number of ether oxygens (including phenoxy) is 1. The second-order valence-electron chi connectivity index (χ2n) is 12.8. The van der Waals surface area contributed by atoms with Crippen LogP contribution in [-0.2, 0) is 4.74 Å². The van der Waals surface area contributed by atoms with Gasteiger partial charge in [0.1, 0.15) is 0 Å².